The number of carbonyl (C=O) groups is 1. The summed E-state index contributed by atoms with van der Waals surface area (Å²) < 4.78 is 23.0. The van der Waals surface area contributed by atoms with Crippen molar-refractivity contribution in [3.63, 3.8) is 0 Å². The summed E-state index contributed by atoms with van der Waals surface area (Å²) in [6.45, 7) is 3.76. The minimum Gasteiger partial charge on any atom is -0.341 e. The second-order valence-electron chi connectivity index (χ2n) is 7.20. The van der Waals surface area contributed by atoms with Gasteiger partial charge in [0, 0.05) is 50.7 Å². The van der Waals surface area contributed by atoms with Crippen molar-refractivity contribution >= 4 is 27.5 Å². The zero-order valence-electron chi connectivity index (χ0n) is 15.4. The molecule has 1 atom stereocenters. The van der Waals surface area contributed by atoms with Gasteiger partial charge in [-0.05, 0) is 42.7 Å². The third-order valence-corrected chi connectivity index (χ3v) is 7.56. The molecule has 2 aliphatic rings. The number of hydrogen-bond donors (Lipinski definition) is 0. The number of thioether (sulfide) groups is 1. The van der Waals surface area contributed by atoms with Crippen LogP contribution in [-0.4, -0.2) is 74.1 Å². The van der Waals surface area contributed by atoms with Crippen LogP contribution in [0.5, 0.6) is 0 Å². The van der Waals surface area contributed by atoms with Crippen molar-refractivity contribution in [3.8, 4) is 0 Å². The van der Waals surface area contributed by atoms with E-state index in [2.05, 4.69) is 4.90 Å². The Morgan fingerprint density at radius 3 is 2.58 bits per heavy atom. The second-order valence-corrected chi connectivity index (χ2v) is 10.4. The molecular weight excluding hydrogens is 368 g/mol. The summed E-state index contributed by atoms with van der Waals surface area (Å²) in [5, 5.41) is 0. The van der Waals surface area contributed by atoms with Gasteiger partial charge in [-0.2, -0.15) is 11.8 Å². The van der Waals surface area contributed by atoms with Crippen molar-refractivity contribution in [2.45, 2.75) is 36.6 Å². The van der Waals surface area contributed by atoms with Crippen LogP contribution in [0.2, 0.25) is 0 Å². The summed E-state index contributed by atoms with van der Waals surface area (Å²) in [5.74, 6) is 2.71. The molecule has 5 nitrogen and oxygen atoms in total. The van der Waals surface area contributed by atoms with Gasteiger partial charge in [0.25, 0.3) is 0 Å². The predicted molar refractivity (Wildman–Crippen MR) is 106 cm³/mol. The van der Waals surface area contributed by atoms with E-state index in [1.165, 1.54) is 24.2 Å². The Morgan fingerprint density at radius 1 is 1.15 bits per heavy atom. The Balaban J connectivity index is 1.48. The first kappa shape index (κ1) is 19.7. The van der Waals surface area contributed by atoms with Crippen LogP contribution in [0.1, 0.15) is 24.8 Å². The topological polar surface area (TPSA) is 57.7 Å². The number of carbonyl (C=O) groups excluding carboxylic acids is 1. The molecule has 1 aromatic rings. The van der Waals surface area contributed by atoms with Crippen LogP contribution in [-0.2, 0) is 21.1 Å². The first-order valence-corrected chi connectivity index (χ1v) is 12.4. The highest BCUT2D eigenvalue weighted by atomic mass is 32.2. The van der Waals surface area contributed by atoms with Crippen molar-refractivity contribution in [2.24, 2.45) is 0 Å². The highest BCUT2D eigenvalue weighted by molar-refractivity contribution is 7.99. The molecule has 3 rings (SSSR count). The molecule has 2 heterocycles. The largest absolute Gasteiger partial charge is 0.341 e. The third-order valence-electron chi connectivity index (χ3n) is 5.28. The average Bonchev–Trinajstić information content (AvgIpc) is 3.04. The quantitative estimate of drug-likeness (QED) is 0.763. The number of nitrogens with zero attached hydrogens (tertiary/aromatic N) is 2. The predicted octanol–water partition coefficient (Wildman–Crippen LogP) is 2.06. The van der Waals surface area contributed by atoms with E-state index in [-0.39, 0.29) is 5.91 Å². The number of sulfone groups is 1. The van der Waals surface area contributed by atoms with Crippen molar-refractivity contribution in [3.05, 3.63) is 29.8 Å². The van der Waals surface area contributed by atoms with Gasteiger partial charge >= 0.3 is 0 Å². The molecular formula is C19H28N2O3S2. The molecule has 26 heavy (non-hydrogen) atoms. The molecule has 1 amide bonds. The van der Waals surface area contributed by atoms with Crippen LogP contribution >= 0.6 is 11.8 Å². The lowest BCUT2D eigenvalue weighted by Crippen LogP contribution is -2.39. The smallest absolute Gasteiger partial charge is 0.222 e. The minimum absolute atomic E-state index is 0.208. The van der Waals surface area contributed by atoms with Crippen molar-refractivity contribution in [1.82, 2.24) is 9.80 Å². The molecule has 7 heteroatoms. The van der Waals surface area contributed by atoms with Crippen LogP contribution in [0.3, 0.4) is 0 Å². The number of aryl methyl sites for hydroxylation is 1. The summed E-state index contributed by atoms with van der Waals surface area (Å²) >= 11 is 2.04. The van der Waals surface area contributed by atoms with Gasteiger partial charge < -0.3 is 4.90 Å². The van der Waals surface area contributed by atoms with E-state index in [1.807, 2.05) is 28.8 Å². The molecule has 0 spiro atoms. The first-order valence-electron chi connectivity index (χ1n) is 9.32. The van der Waals surface area contributed by atoms with Crippen molar-refractivity contribution < 1.29 is 13.2 Å². The SMILES string of the molecule is CS(=O)(=O)c1ccc(CCC(=O)N2CCCN(C3CCSC3)CC2)cc1. The Morgan fingerprint density at radius 2 is 1.92 bits per heavy atom. The van der Waals surface area contributed by atoms with Gasteiger partial charge in [-0.3, -0.25) is 9.69 Å². The Bertz CT molecular complexity index is 713. The Labute approximate surface area is 161 Å². The molecule has 0 saturated carbocycles. The number of amides is 1. The van der Waals surface area contributed by atoms with Gasteiger partial charge in [-0.1, -0.05) is 12.1 Å². The fourth-order valence-corrected chi connectivity index (χ4v) is 5.56. The summed E-state index contributed by atoms with van der Waals surface area (Å²) in [7, 11) is -3.17. The van der Waals surface area contributed by atoms with Crippen LogP contribution in [0, 0.1) is 0 Å². The van der Waals surface area contributed by atoms with E-state index in [0.717, 1.165) is 38.2 Å². The molecule has 1 unspecified atom stereocenters. The molecule has 0 bridgehead atoms. The second kappa shape index (κ2) is 8.76. The van der Waals surface area contributed by atoms with Gasteiger partial charge in [0.2, 0.25) is 5.91 Å². The third kappa shape index (κ3) is 5.24. The maximum Gasteiger partial charge on any atom is 0.222 e. The normalized spacial score (nSPS) is 22.3. The van der Waals surface area contributed by atoms with Crippen LogP contribution in [0.4, 0.5) is 0 Å². The monoisotopic (exact) mass is 396 g/mol. The molecule has 0 radical (unpaired) electrons. The summed E-state index contributed by atoms with van der Waals surface area (Å²) in [4.78, 5) is 17.5. The zero-order chi connectivity index (χ0) is 18.6. The number of rotatable bonds is 5. The molecule has 2 aliphatic heterocycles. The van der Waals surface area contributed by atoms with Crippen LogP contribution < -0.4 is 0 Å². The molecule has 0 N–H and O–H groups in total. The molecule has 2 saturated heterocycles. The van der Waals surface area contributed by atoms with Crippen LogP contribution in [0.15, 0.2) is 29.2 Å². The standard InChI is InChI=1S/C19H28N2O3S2/c1-26(23,24)18-6-3-16(4-7-18)5-8-19(22)21-11-2-10-20(12-13-21)17-9-14-25-15-17/h3-4,6-7,17H,2,5,8-15H2,1H3. The summed E-state index contributed by atoms with van der Waals surface area (Å²) in [5.41, 5.74) is 1.00. The lowest BCUT2D eigenvalue weighted by Gasteiger charge is -2.26. The Hall–Kier alpha value is -1.05. The Kier molecular flexibility index (Phi) is 6.64. The number of hydrogen-bond acceptors (Lipinski definition) is 5. The van der Waals surface area contributed by atoms with Crippen LogP contribution in [0.25, 0.3) is 0 Å². The highest BCUT2D eigenvalue weighted by Gasteiger charge is 2.26. The van der Waals surface area contributed by atoms with Gasteiger partial charge in [0.15, 0.2) is 9.84 Å². The molecule has 1 aromatic carbocycles. The lowest BCUT2D eigenvalue weighted by molar-refractivity contribution is -0.131. The maximum atomic E-state index is 12.6. The van der Waals surface area contributed by atoms with Gasteiger partial charge in [-0.15, -0.1) is 0 Å². The highest BCUT2D eigenvalue weighted by Crippen LogP contribution is 2.23. The van der Waals surface area contributed by atoms with Crippen molar-refractivity contribution in [2.75, 3.05) is 43.9 Å². The maximum absolute atomic E-state index is 12.6. The average molecular weight is 397 g/mol. The van der Waals surface area contributed by atoms with E-state index in [9.17, 15) is 13.2 Å². The minimum atomic E-state index is -3.17. The van der Waals surface area contributed by atoms with E-state index < -0.39 is 9.84 Å². The fourth-order valence-electron chi connectivity index (χ4n) is 3.67. The van der Waals surface area contributed by atoms with Gasteiger partial charge in [-0.25, -0.2) is 8.42 Å². The lowest BCUT2D eigenvalue weighted by atomic mass is 10.1. The number of benzene rings is 1. The van der Waals surface area contributed by atoms with E-state index in [4.69, 9.17) is 0 Å². The summed E-state index contributed by atoms with van der Waals surface area (Å²) in [6, 6.07) is 7.57. The fraction of sp³-hybridized carbons (Fsp3) is 0.632. The first-order chi connectivity index (χ1) is 12.4. The molecule has 144 valence electrons. The van der Waals surface area contributed by atoms with E-state index in [1.54, 1.807) is 12.1 Å². The van der Waals surface area contributed by atoms with E-state index in [0.29, 0.717) is 23.8 Å². The summed E-state index contributed by atoms with van der Waals surface area (Å²) in [6.07, 6.45) is 4.68. The van der Waals surface area contributed by atoms with E-state index >= 15 is 0 Å². The van der Waals surface area contributed by atoms with Gasteiger partial charge in [0.05, 0.1) is 4.90 Å². The molecule has 2 fully saturated rings. The van der Waals surface area contributed by atoms with Gasteiger partial charge in [0.1, 0.15) is 0 Å². The molecule has 0 aliphatic carbocycles. The molecule has 0 aromatic heterocycles. The van der Waals surface area contributed by atoms with Crippen molar-refractivity contribution in [1.29, 1.82) is 0 Å². The zero-order valence-corrected chi connectivity index (χ0v) is 17.0.